The minimum absolute atomic E-state index is 0.0380. The van der Waals surface area contributed by atoms with Gasteiger partial charge in [-0.1, -0.05) is 23.7 Å². The van der Waals surface area contributed by atoms with Crippen molar-refractivity contribution in [2.24, 2.45) is 5.73 Å². The van der Waals surface area contributed by atoms with Crippen LogP contribution in [0.5, 0.6) is 0 Å². The first kappa shape index (κ1) is 30.2. The summed E-state index contributed by atoms with van der Waals surface area (Å²) in [4.78, 5) is 56.5. The minimum atomic E-state index is -0.780. The van der Waals surface area contributed by atoms with Crippen LogP contribution in [-0.2, 0) is 22.7 Å². The fraction of sp³-hybridized carbons (Fsp3) is 0.414. The Labute approximate surface area is 252 Å². The van der Waals surface area contributed by atoms with Crippen molar-refractivity contribution in [3.63, 3.8) is 0 Å². The molecule has 12 nitrogen and oxygen atoms in total. The van der Waals surface area contributed by atoms with E-state index in [2.05, 4.69) is 20.6 Å². The van der Waals surface area contributed by atoms with Crippen LogP contribution in [0.3, 0.4) is 0 Å². The number of benzene rings is 2. The number of hydrogen-bond acceptors (Lipinski definition) is 6. The molecule has 2 aliphatic rings. The Morgan fingerprint density at radius 1 is 1.14 bits per heavy atom. The average molecular weight is 613 g/mol. The molecule has 1 saturated carbocycles. The Kier molecular flexibility index (Phi) is 8.83. The van der Waals surface area contributed by atoms with E-state index in [1.54, 1.807) is 36.2 Å². The molecule has 1 atom stereocenters. The second-order valence-corrected chi connectivity index (χ2v) is 11.5. The number of carbonyl (C=O) groups is 4. The van der Waals surface area contributed by atoms with E-state index in [0.717, 1.165) is 32.4 Å². The molecule has 43 heavy (non-hydrogen) atoms. The fourth-order valence-electron chi connectivity index (χ4n) is 5.28. The van der Waals surface area contributed by atoms with E-state index in [4.69, 9.17) is 17.3 Å². The molecule has 0 unspecified atom stereocenters. The molecule has 0 bridgehead atoms. The third-order valence-corrected chi connectivity index (χ3v) is 8.18. The van der Waals surface area contributed by atoms with E-state index in [0.29, 0.717) is 16.6 Å². The number of nitrogens with two attached hydrogens (primary N) is 1. The summed E-state index contributed by atoms with van der Waals surface area (Å²) in [5.41, 5.74) is 6.73. The number of likely N-dealkylation sites (tertiary alicyclic amines) is 1. The molecule has 14 heteroatoms. The summed E-state index contributed by atoms with van der Waals surface area (Å²) in [6, 6.07) is 9.19. The number of halogens is 2. The quantitative estimate of drug-likeness (QED) is 0.321. The number of primary amides is 1. The Bertz CT molecular complexity index is 1580. The van der Waals surface area contributed by atoms with Crippen LogP contribution in [0.4, 0.5) is 14.9 Å². The molecule has 0 radical (unpaired) electrons. The standard InChI is InChI=1S/C29H34ClFN8O4/c1-36-11-10-20(14-36)37(2)29(43)34-18-6-9-23-21(12-18)27(28(32)42)35-39(23)16-25(41)38(19-7-8-19)15-24(40)33-13-17-4-3-5-22(30)26(17)31/h3-6,9,12,19-20H,7-8,10-11,13-16H2,1-2H3,(H2,32,42)(H,33,40)(H,34,43)/t20-/m0/s1. The lowest BCUT2D eigenvalue weighted by Gasteiger charge is -2.24. The minimum Gasteiger partial charge on any atom is -0.364 e. The largest absolute Gasteiger partial charge is 0.364 e. The van der Waals surface area contributed by atoms with Gasteiger partial charge in [-0.3, -0.25) is 19.1 Å². The van der Waals surface area contributed by atoms with Crippen molar-refractivity contribution in [2.45, 2.75) is 44.4 Å². The van der Waals surface area contributed by atoms with Gasteiger partial charge in [0.05, 0.1) is 17.1 Å². The zero-order valence-corrected chi connectivity index (χ0v) is 24.7. The first-order chi connectivity index (χ1) is 20.5. The number of urea groups is 1. The third kappa shape index (κ3) is 6.89. The maximum atomic E-state index is 14.2. The first-order valence-electron chi connectivity index (χ1n) is 14.0. The van der Waals surface area contributed by atoms with Gasteiger partial charge in [0.25, 0.3) is 5.91 Å². The van der Waals surface area contributed by atoms with E-state index in [-0.39, 0.29) is 59.9 Å². The molecule has 1 aliphatic carbocycles. The summed E-state index contributed by atoms with van der Waals surface area (Å²) in [5.74, 6) is -2.20. The summed E-state index contributed by atoms with van der Waals surface area (Å²) < 4.78 is 15.6. The third-order valence-electron chi connectivity index (χ3n) is 7.88. The zero-order valence-electron chi connectivity index (χ0n) is 24.0. The molecule has 1 aliphatic heterocycles. The number of nitrogens with one attached hydrogen (secondary N) is 2. The summed E-state index contributed by atoms with van der Waals surface area (Å²) in [6.45, 7) is 1.18. The van der Waals surface area contributed by atoms with Gasteiger partial charge in [0, 0.05) is 48.9 Å². The summed E-state index contributed by atoms with van der Waals surface area (Å²) in [7, 11) is 3.76. The van der Waals surface area contributed by atoms with E-state index in [9.17, 15) is 23.6 Å². The Morgan fingerprint density at radius 2 is 1.91 bits per heavy atom. The number of fused-ring (bicyclic) bond motifs is 1. The lowest BCUT2D eigenvalue weighted by Crippen LogP contribution is -2.43. The molecule has 2 heterocycles. The van der Waals surface area contributed by atoms with Crippen molar-refractivity contribution in [3.8, 4) is 0 Å². The molecular weight excluding hydrogens is 579 g/mol. The highest BCUT2D eigenvalue weighted by atomic mass is 35.5. The van der Waals surface area contributed by atoms with Gasteiger partial charge in [-0.15, -0.1) is 0 Å². The van der Waals surface area contributed by atoms with Crippen molar-refractivity contribution in [3.05, 3.63) is 58.5 Å². The summed E-state index contributed by atoms with van der Waals surface area (Å²) >= 11 is 5.82. The maximum absolute atomic E-state index is 14.2. The summed E-state index contributed by atoms with van der Waals surface area (Å²) in [5, 5.41) is 10.2. The molecular formula is C29H34ClFN8O4. The maximum Gasteiger partial charge on any atom is 0.321 e. The molecule has 2 aromatic carbocycles. The van der Waals surface area contributed by atoms with Crippen molar-refractivity contribution < 1.29 is 23.6 Å². The van der Waals surface area contributed by atoms with Crippen LogP contribution in [-0.4, -0.2) is 94.0 Å². The van der Waals surface area contributed by atoms with Crippen LogP contribution in [0.25, 0.3) is 10.9 Å². The predicted molar refractivity (Wildman–Crippen MR) is 159 cm³/mol. The van der Waals surface area contributed by atoms with Crippen LogP contribution >= 0.6 is 11.6 Å². The molecule has 5 amide bonds. The number of carbonyl (C=O) groups excluding carboxylic acids is 4. The molecule has 5 rings (SSSR count). The van der Waals surface area contributed by atoms with E-state index in [1.165, 1.54) is 21.7 Å². The molecule has 1 saturated heterocycles. The zero-order chi connectivity index (χ0) is 30.8. The van der Waals surface area contributed by atoms with Crippen molar-refractivity contribution in [1.29, 1.82) is 0 Å². The van der Waals surface area contributed by atoms with Gasteiger partial charge < -0.3 is 31.1 Å². The van der Waals surface area contributed by atoms with Gasteiger partial charge in [-0.25, -0.2) is 9.18 Å². The SMILES string of the molecule is CN1CC[C@H](N(C)C(=O)Nc2ccc3c(c2)c(C(N)=O)nn3CC(=O)N(CC(=O)NCc2cccc(Cl)c2F)C2CC2)C1. The van der Waals surface area contributed by atoms with Crippen molar-refractivity contribution in [1.82, 2.24) is 29.8 Å². The van der Waals surface area contributed by atoms with Crippen LogP contribution in [0.15, 0.2) is 36.4 Å². The number of aromatic nitrogens is 2. The smallest absolute Gasteiger partial charge is 0.321 e. The topological polar surface area (TPSA) is 146 Å². The second-order valence-electron chi connectivity index (χ2n) is 11.1. The lowest BCUT2D eigenvalue weighted by molar-refractivity contribution is -0.137. The molecule has 1 aromatic heterocycles. The van der Waals surface area contributed by atoms with Crippen molar-refractivity contribution in [2.75, 3.05) is 39.0 Å². The summed E-state index contributed by atoms with van der Waals surface area (Å²) in [6.07, 6.45) is 2.39. The molecule has 2 fully saturated rings. The highest BCUT2D eigenvalue weighted by Gasteiger charge is 2.34. The van der Waals surface area contributed by atoms with Gasteiger partial charge in [-0.05, 0) is 57.1 Å². The number of likely N-dealkylation sites (N-methyl/N-ethyl adjacent to an activating group) is 2. The highest BCUT2D eigenvalue weighted by molar-refractivity contribution is 6.30. The monoisotopic (exact) mass is 612 g/mol. The molecule has 3 aromatic rings. The van der Waals surface area contributed by atoms with Gasteiger partial charge in [0.1, 0.15) is 12.4 Å². The Morgan fingerprint density at radius 3 is 2.58 bits per heavy atom. The number of nitrogens with zero attached hydrogens (tertiary/aromatic N) is 5. The predicted octanol–water partition coefficient (Wildman–Crippen LogP) is 2.40. The number of amides is 5. The highest BCUT2D eigenvalue weighted by Crippen LogP contribution is 2.28. The first-order valence-corrected chi connectivity index (χ1v) is 14.4. The van der Waals surface area contributed by atoms with Gasteiger partial charge in [-0.2, -0.15) is 5.10 Å². The second kappa shape index (κ2) is 12.6. The number of anilines is 1. The fourth-order valence-corrected chi connectivity index (χ4v) is 5.47. The van der Waals surface area contributed by atoms with Gasteiger partial charge in [0.2, 0.25) is 11.8 Å². The van der Waals surface area contributed by atoms with E-state index in [1.807, 2.05) is 7.05 Å². The normalized spacial score (nSPS) is 16.7. The molecule has 228 valence electrons. The van der Waals surface area contributed by atoms with Crippen LogP contribution in [0.2, 0.25) is 5.02 Å². The van der Waals surface area contributed by atoms with Gasteiger partial charge in [0.15, 0.2) is 5.69 Å². The van der Waals surface area contributed by atoms with Crippen LogP contribution in [0, 0.1) is 5.82 Å². The van der Waals surface area contributed by atoms with E-state index < -0.39 is 17.6 Å². The van der Waals surface area contributed by atoms with Crippen LogP contribution in [0.1, 0.15) is 35.3 Å². The molecule has 0 spiro atoms. The lowest BCUT2D eigenvalue weighted by atomic mass is 10.1. The van der Waals surface area contributed by atoms with E-state index >= 15 is 0 Å². The van der Waals surface area contributed by atoms with Crippen LogP contribution < -0.4 is 16.4 Å². The Hall–Kier alpha value is -4.23. The van der Waals surface area contributed by atoms with Crippen molar-refractivity contribution >= 4 is 51.9 Å². The Balaban J connectivity index is 1.27. The number of hydrogen-bond donors (Lipinski definition) is 3. The average Bonchev–Trinajstić information content (AvgIpc) is 3.62. The molecule has 4 N–H and O–H groups in total. The number of rotatable bonds is 10. The van der Waals surface area contributed by atoms with Gasteiger partial charge >= 0.3 is 6.03 Å².